The highest BCUT2D eigenvalue weighted by Crippen LogP contribution is 2.30. The SMILES string of the molecule is CCCC[C@@H](CC(=O)NCC(=O)N[C@@H](CC(=O)O)C(=O)N[C@@H](C)C(=O)N[C@@H](Cc1ccccc1)C(=O)N[C@@H](CC(N)=O)C(=O)N[C@@H](CCCN=C(N)N)C(N)=O)NC(=O)[C@H](CCCCN)NC(=O)[C@H]1CCC[C@@H]1NC(=O)[C@H](CC(C)C)NC(=O)[C@@H]1CCC[C@H]1NC(=O)[C@H](CCCN=C(N)N)NC(=O)[C@H]1CCC[C@@H]1NC(=O)[C@H](C)NC(=O)[C@@H]1CNC[C@H]1NC(C)=O. The van der Waals surface area contributed by atoms with E-state index in [-0.39, 0.29) is 101 Å². The van der Waals surface area contributed by atoms with Gasteiger partial charge in [0.25, 0.3) is 0 Å². The van der Waals surface area contributed by atoms with Crippen LogP contribution in [0.4, 0.5) is 0 Å². The second-order valence-electron chi connectivity index (χ2n) is 33.0. The fraction of sp³-hybridized carbons (Fsp3) is 0.679. The van der Waals surface area contributed by atoms with E-state index in [1.807, 2.05) is 20.8 Å². The molecule has 1 aromatic carbocycles. The number of primary amides is 2. The molecule has 1 aliphatic heterocycles. The fourth-order valence-corrected chi connectivity index (χ4v) is 15.6. The molecule has 17 amide bonds. The third kappa shape index (κ3) is 36.8. The van der Waals surface area contributed by atoms with Crippen LogP contribution in [0, 0.1) is 29.6 Å². The summed E-state index contributed by atoms with van der Waals surface area (Å²) in [6.07, 6.45) is 4.55. The largest absolute Gasteiger partial charge is 0.481 e. The first kappa shape index (κ1) is 104. The van der Waals surface area contributed by atoms with Crippen LogP contribution in [0.2, 0.25) is 0 Å². The van der Waals surface area contributed by atoms with E-state index in [9.17, 15) is 91.4 Å². The van der Waals surface area contributed by atoms with Gasteiger partial charge >= 0.3 is 5.97 Å². The van der Waals surface area contributed by atoms with E-state index in [1.165, 1.54) is 20.8 Å². The van der Waals surface area contributed by atoms with Gasteiger partial charge in [0.2, 0.25) is 100 Å². The summed E-state index contributed by atoms with van der Waals surface area (Å²) in [4.78, 5) is 252. The van der Waals surface area contributed by atoms with Gasteiger partial charge in [-0.15, -0.1) is 0 Å². The van der Waals surface area contributed by atoms with Gasteiger partial charge in [-0.3, -0.25) is 96.3 Å². The molecule has 0 aromatic heterocycles. The van der Waals surface area contributed by atoms with Crippen molar-refractivity contribution in [2.75, 3.05) is 39.3 Å². The van der Waals surface area contributed by atoms with Gasteiger partial charge in [-0.25, -0.2) is 0 Å². The second kappa shape index (κ2) is 53.3. The van der Waals surface area contributed by atoms with E-state index in [4.69, 9.17) is 40.1 Å². The van der Waals surface area contributed by atoms with Crippen molar-refractivity contribution in [2.24, 2.45) is 79.7 Å². The predicted octanol–water partition coefficient (Wildman–Crippen LogP) is -6.49. The molecular weight excluding hydrogens is 1630 g/mol. The van der Waals surface area contributed by atoms with Crippen LogP contribution in [0.15, 0.2) is 40.3 Å². The van der Waals surface area contributed by atoms with Crippen LogP contribution in [0.5, 0.6) is 0 Å². The molecule has 5 rings (SSSR count). The minimum absolute atomic E-state index is 0.0457. The molecule has 1 heterocycles. The van der Waals surface area contributed by atoms with Crippen molar-refractivity contribution in [3.63, 3.8) is 0 Å². The highest BCUT2D eigenvalue weighted by atomic mass is 16.4. The van der Waals surface area contributed by atoms with Crippen LogP contribution in [-0.4, -0.2) is 247 Å². The Balaban J connectivity index is 1.18. The highest BCUT2D eigenvalue weighted by molar-refractivity contribution is 6.00. The molecule has 1 aromatic rings. The Morgan fingerprint density at radius 2 is 0.912 bits per heavy atom. The van der Waals surface area contributed by atoms with Crippen molar-refractivity contribution in [2.45, 2.75) is 280 Å². The van der Waals surface area contributed by atoms with Gasteiger partial charge in [0, 0.05) is 70.1 Å². The first-order chi connectivity index (χ1) is 59.3. The molecule has 0 bridgehead atoms. The molecule has 3 saturated carbocycles. The molecule has 4 aliphatic rings. The number of aliphatic carboxylic acids is 1. The molecule has 125 heavy (non-hydrogen) atoms. The van der Waals surface area contributed by atoms with E-state index in [2.05, 4.69) is 95.1 Å². The molecule has 4 fully saturated rings. The van der Waals surface area contributed by atoms with Crippen LogP contribution in [0.3, 0.4) is 0 Å². The van der Waals surface area contributed by atoms with Gasteiger partial charge in [0.15, 0.2) is 11.9 Å². The number of hydrogen-bond acceptors (Lipinski definition) is 22. The number of carboxylic acids is 1. The second-order valence-corrected chi connectivity index (χ2v) is 33.0. The smallest absolute Gasteiger partial charge is 0.305 e. The summed E-state index contributed by atoms with van der Waals surface area (Å²) in [5, 5.41) is 53.1. The molecule has 31 N–H and O–H groups in total. The molecular formula is C81H133N25O19. The van der Waals surface area contributed by atoms with Crippen LogP contribution < -0.4 is 125 Å². The third-order valence-electron chi connectivity index (χ3n) is 22.2. The van der Waals surface area contributed by atoms with Crippen LogP contribution in [0.1, 0.15) is 195 Å². The number of benzene rings is 1. The van der Waals surface area contributed by atoms with Crippen LogP contribution >= 0.6 is 0 Å². The molecule has 0 unspecified atom stereocenters. The number of nitrogens with two attached hydrogens (primary N) is 7. The Morgan fingerprint density at radius 3 is 1.43 bits per heavy atom. The lowest BCUT2D eigenvalue weighted by Gasteiger charge is -2.29. The maximum Gasteiger partial charge on any atom is 0.305 e. The Hall–Kier alpha value is -11.9. The predicted molar refractivity (Wildman–Crippen MR) is 457 cm³/mol. The van der Waals surface area contributed by atoms with Gasteiger partial charge < -0.3 is 130 Å². The van der Waals surface area contributed by atoms with Crippen molar-refractivity contribution >= 4 is 118 Å². The monoisotopic (exact) mass is 1760 g/mol. The lowest BCUT2D eigenvalue weighted by atomic mass is 9.97. The van der Waals surface area contributed by atoms with Crippen molar-refractivity contribution in [1.29, 1.82) is 0 Å². The highest BCUT2D eigenvalue weighted by Gasteiger charge is 2.44. The normalized spacial score (nSPS) is 20.6. The lowest BCUT2D eigenvalue weighted by molar-refractivity contribution is -0.141. The van der Waals surface area contributed by atoms with E-state index >= 15 is 0 Å². The molecule has 44 heteroatoms. The zero-order valence-corrected chi connectivity index (χ0v) is 72.3. The Morgan fingerprint density at radius 1 is 0.440 bits per heavy atom. The molecule has 0 spiro atoms. The number of carbonyl (C=O) groups excluding carboxylic acids is 17. The molecule has 696 valence electrons. The Bertz CT molecular complexity index is 3940. The number of guanidine groups is 2. The number of hydrogen-bond donors (Lipinski definition) is 24. The number of carbonyl (C=O) groups is 18. The third-order valence-corrected chi connectivity index (χ3v) is 22.2. The number of amides is 17. The summed E-state index contributed by atoms with van der Waals surface area (Å²) in [6, 6.07) is -7.53. The van der Waals surface area contributed by atoms with Crippen LogP contribution in [-0.2, 0) is 92.7 Å². The fourth-order valence-electron chi connectivity index (χ4n) is 15.6. The van der Waals surface area contributed by atoms with Gasteiger partial charge in [-0.1, -0.05) is 83.2 Å². The minimum atomic E-state index is -1.85. The molecule has 3 aliphatic carbocycles. The maximum atomic E-state index is 14.5. The standard InChI is InChI=1S/C81H133N25O19/c1-7-8-21-47(36-64(109)92-41-65(110)97-61(38-66(111)112)76(122)94-44(5)69(115)104-59(35-46-19-10-9-11-20-46)78(124)106-60(37-63(83)108)79(125)101-55(67(84)113)29-17-32-90-80(85)86)96-74(120)56(25-12-13-31-82)102-71(117)49-23-15-28-54(49)100-77(123)58(34-42(2)3)105-72(118)50-24-16-27-53(50)99-75(121)57(30-18-33-91-81(87)88)103-70(116)48-22-14-26-52(48)98-68(114)43(4)93-73(119)51-39-89-40-62(51)95-45(6)107/h9-11,19-20,42-44,47-62,89H,7-8,12-18,21-41,82H2,1-6H3,(H2,83,108)(H2,84,113)(H,92,109)(H,93,119)(H,94,122)(H,95,107)(H,96,120)(H,97,110)(H,98,114)(H,99,121)(H,100,123)(H,101,125)(H,102,117)(H,103,116)(H,104,115)(H,105,118)(H,106,124)(H,111,112)(H4,85,86,90)(H4,87,88,91)/t43-,44-,47-,48-,49-,50+,51+,52-,53+,54-,55-,56-,57-,58-,59-,60-,61-,62+/m0/s1. The average molecular weight is 1760 g/mol. The average Bonchev–Trinajstić information content (AvgIpc) is 1.71. The topological polar surface area (TPSA) is 727 Å². The molecule has 44 nitrogen and oxygen atoms in total. The summed E-state index contributed by atoms with van der Waals surface area (Å²) in [5.74, 6) is -17.7. The zero-order valence-electron chi connectivity index (χ0n) is 72.3. The number of nitrogens with one attached hydrogen (secondary N) is 16. The minimum Gasteiger partial charge on any atom is -0.481 e. The zero-order chi connectivity index (χ0) is 92.6. The number of aliphatic imine (C=N–C) groups is 2. The molecule has 0 radical (unpaired) electrons. The van der Waals surface area contributed by atoms with Crippen LogP contribution in [0.25, 0.3) is 0 Å². The summed E-state index contributed by atoms with van der Waals surface area (Å²) in [6.45, 7) is 10.0. The Kier molecular flexibility index (Phi) is 44.2. The van der Waals surface area contributed by atoms with Crippen molar-refractivity contribution in [3.05, 3.63) is 35.9 Å². The molecule has 18 atom stereocenters. The van der Waals surface area contributed by atoms with Gasteiger partial charge in [-0.2, -0.15) is 0 Å². The number of unbranched alkanes of at least 4 members (excludes halogenated alkanes) is 2. The lowest BCUT2D eigenvalue weighted by Crippen LogP contribution is -2.59. The van der Waals surface area contributed by atoms with Gasteiger partial charge in [0.1, 0.15) is 54.4 Å². The first-order valence-corrected chi connectivity index (χ1v) is 43.1. The van der Waals surface area contributed by atoms with Gasteiger partial charge in [-0.05, 0) is 128 Å². The van der Waals surface area contributed by atoms with E-state index < -0.39 is 228 Å². The quantitative estimate of drug-likeness (QED) is 0.0164. The summed E-state index contributed by atoms with van der Waals surface area (Å²) in [5.41, 5.74) is 39.2. The van der Waals surface area contributed by atoms with E-state index in [1.54, 1.807) is 30.3 Å². The molecule has 1 saturated heterocycles. The van der Waals surface area contributed by atoms with Crippen molar-refractivity contribution in [1.82, 2.24) is 85.1 Å². The number of nitrogens with zero attached hydrogens (tertiary/aromatic N) is 2. The number of rotatable bonds is 54. The number of carboxylic acid groups (broad SMARTS) is 1. The summed E-state index contributed by atoms with van der Waals surface area (Å²) in [7, 11) is 0. The van der Waals surface area contributed by atoms with E-state index in [0.29, 0.717) is 102 Å². The van der Waals surface area contributed by atoms with Crippen molar-refractivity contribution in [3.8, 4) is 0 Å². The first-order valence-electron chi connectivity index (χ1n) is 43.1. The summed E-state index contributed by atoms with van der Waals surface area (Å²) >= 11 is 0. The Labute approximate surface area is 726 Å². The summed E-state index contributed by atoms with van der Waals surface area (Å²) < 4.78 is 0. The van der Waals surface area contributed by atoms with E-state index in [0.717, 1.165) is 0 Å². The van der Waals surface area contributed by atoms with Gasteiger partial charge in [0.05, 0.1) is 49.1 Å². The van der Waals surface area contributed by atoms with Crippen molar-refractivity contribution < 1.29 is 91.4 Å². The maximum absolute atomic E-state index is 14.5.